The molecule has 0 unspecified atom stereocenters. The van der Waals surface area contributed by atoms with E-state index < -0.39 is 11.9 Å². The lowest BCUT2D eigenvalue weighted by molar-refractivity contribution is -0.140. The number of ether oxygens (including phenoxy) is 1. The van der Waals surface area contributed by atoms with E-state index in [1.54, 1.807) is 7.11 Å². The van der Waals surface area contributed by atoms with Gasteiger partial charge in [0, 0.05) is 7.11 Å². The molecule has 0 aromatic heterocycles. The van der Waals surface area contributed by atoms with Gasteiger partial charge in [-0.2, -0.15) is 0 Å². The fourth-order valence-corrected chi connectivity index (χ4v) is 1.91. The molecule has 0 spiro atoms. The van der Waals surface area contributed by atoms with E-state index in [9.17, 15) is 9.59 Å². The first-order valence-electron chi connectivity index (χ1n) is 6.12. The number of carboxylic acids is 1. The molecule has 1 amide bonds. The van der Waals surface area contributed by atoms with E-state index in [4.69, 9.17) is 9.84 Å². The topological polar surface area (TPSA) is 75.6 Å². The molecule has 1 aliphatic carbocycles. The molecule has 0 saturated heterocycles. The fraction of sp³-hybridized carbons (Fsp3) is 0.833. The molecule has 0 aromatic carbocycles. The quantitative estimate of drug-likeness (QED) is 0.667. The number of nitrogens with one attached hydrogen (secondary N) is 1. The Bertz CT molecular complexity index is 280. The van der Waals surface area contributed by atoms with Crippen LogP contribution < -0.4 is 5.32 Å². The number of aliphatic carboxylic acids is 1. The second kappa shape index (κ2) is 6.59. The van der Waals surface area contributed by atoms with Crippen molar-refractivity contribution in [3.05, 3.63) is 0 Å². The van der Waals surface area contributed by atoms with Gasteiger partial charge in [0.1, 0.15) is 0 Å². The van der Waals surface area contributed by atoms with Crippen LogP contribution in [0.2, 0.25) is 0 Å². The van der Waals surface area contributed by atoms with Crippen LogP contribution in [-0.4, -0.2) is 36.7 Å². The Balaban J connectivity index is 2.34. The lowest BCUT2D eigenvalue weighted by Gasteiger charge is -2.17. The SMILES string of the molecule is CCCC[C@H](COC)NC(=O)[C@H]1C[C@@H]1C(=O)O. The normalized spacial score (nSPS) is 24.1. The number of carbonyl (C=O) groups is 2. The van der Waals surface area contributed by atoms with Gasteiger partial charge in [0.15, 0.2) is 0 Å². The molecular weight excluding hydrogens is 222 g/mol. The van der Waals surface area contributed by atoms with Crippen molar-refractivity contribution in [3.63, 3.8) is 0 Å². The minimum absolute atomic E-state index is 0.00231. The zero-order chi connectivity index (χ0) is 12.8. The standard InChI is InChI=1S/C12H21NO4/c1-3-4-5-8(7-17-2)13-11(14)9-6-10(9)12(15)16/h8-10H,3-7H2,1-2H3,(H,13,14)(H,15,16)/t8-,9+,10+/m1/s1. The molecule has 0 heterocycles. The first-order valence-corrected chi connectivity index (χ1v) is 6.12. The van der Waals surface area contributed by atoms with Crippen molar-refractivity contribution >= 4 is 11.9 Å². The van der Waals surface area contributed by atoms with Crippen LogP contribution in [0.5, 0.6) is 0 Å². The average Bonchev–Trinajstić information content (AvgIpc) is 3.06. The maximum absolute atomic E-state index is 11.7. The van der Waals surface area contributed by atoms with Crippen LogP contribution >= 0.6 is 0 Å². The molecule has 1 saturated carbocycles. The Morgan fingerprint density at radius 3 is 2.65 bits per heavy atom. The van der Waals surface area contributed by atoms with Gasteiger partial charge in [-0.05, 0) is 12.8 Å². The van der Waals surface area contributed by atoms with Crippen molar-refractivity contribution in [3.8, 4) is 0 Å². The highest BCUT2D eigenvalue weighted by atomic mass is 16.5. The second-order valence-corrected chi connectivity index (χ2v) is 4.59. The highest BCUT2D eigenvalue weighted by Gasteiger charge is 2.48. The fourth-order valence-electron chi connectivity index (χ4n) is 1.91. The number of carboxylic acid groups (broad SMARTS) is 1. The summed E-state index contributed by atoms with van der Waals surface area (Å²) in [6.45, 7) is 2.57. The lowest BCUT2D eigenvalue weighted by Crippen LogP contribution is -2.39. The average molecular weight is 243 g/mol. The predicted molar refractivity (Wildman–Crippen MR) is 62.6 cm³/mol. The van der Waals surface area contributed by atoms with Crippen molar-refractivity contribution in [2.45, 2.75) is 38.6 Å². The van der Waals surface area contributed by atoms with Crippen molar-refractivity contribution in [2.75, 3.05) is 13.7 Å². The van der Waals surface area contributed by atoms with Crippen molar-refractivity contribution in [1.82, 2.24) is 5.32 Å². The number of methoxy groups -OCH3 is 1. The predicted octanol–water partition coefficient (Wildman–Crippen LogP) is 1.03. The zero-order valence-electron chi connectivity index (χ0n) is 10.4. The molecule has 2 N–H and O–H groups in total. The van der Waals surface area contributed by atoms with Crippen LogP contribution in [0.3, 0.4) is 0 Å². The molecule has 0 radical (unpaired) electrons. The van der Waals surface area contributed by atoms with Gasteiger partial charge in [-0.3, -0.25) is 9.59 Å². The Hall–Kier alpha value is -1.10. The van der Waals surface area contributed by atoms with E-state index >= 15 is 0 Å². The van der Waals surface area contributed by atoms with Gasteiger partial charge in [-0.25, -0.2) is 0 Å². The molecule has 0 aromatic rings. The number of unbranched alkanes of at least 4 members (excludes halogenated alkanes) is 1. The molecule has 1 fully saturated rings. The van der Waals surface area contributed by atoms with Gasteiger partial charge in [0.05, 0.1) is 24.5 Å². The summed E-state index contributed by atoms with van der Waals surface area (Å²) in [7, 11) is 1.60. The van der Waals surface area contributed by atoms with Crippen molar-refractivity contribution < 1.29 is 19.4 Å². The molecule has 5 nitrogen and oxygen atoms in total. The first kappa shape index (κ1) is 14.0. The van der Waals surface area contributed by atoms with Crippen LogP contribution in [-0.2, 0) is 14.3 Å². The summed E-state index contributed by atoms with van der Waals surface area (Å²) in [4.78, 5) is 22.4. The highest BCUT2D eigenvalue weighted by molar-refractivity contribution is 5.89. The molecule has 1 aliphatic rings. The third kappa shape index (κ3) is 4.34. The Morgan fingerprint density at radius 1 is 1.47 bits per heavy atom. The Labute approximate surface area is 102 Å². The highest BCUT2D eigenvalue weighted by Crippen LogP contribution is 2.38. The smallest absolute Gasteiger partial charge is 0.307 e. The first-order chi connectivity index (χ1) is 8.10. The summed E-state index contributed by atoms with van der Waals surface area (Å²) >= 11 is 0. The maximum atomic E-state index is 11.7. The Kier molecular flexibility index (Phi) is 5.41. The van der Waals surface area contributed by atoms with E-state index in [1.807, 2.05) is 0 Å². The molecular formula is C12H21NO4. The Morgan fingerprint density at radius 2 is 2.18 bits per heavy atom. The number of carbonyl (C=O) groups excluding carboxylic acids is 1. The lowest BCUT2D eigenvalue weighted by atomic mass is 10.1. The third-order valence-electron chi connectivity index (χ3n) is 3.06. The number of rotatable bonds is 8. The minimum Gasteiger partial charge on any atom is -0.481 e. The van der Waals surface area contributed by atoms with Gasteiger partial charge in [-0.1, -0.05) is 19.8 Å². The zero-order valence-corrected chi connectivity index (χ0v) is 10.4. The largest absolute Gasteiger partial charge is 0.481 e. The summed E-state index contributed by atoms with van der Waals surface area (Å²) in [6, 6.07) is 0.00231. The van der Waals surface area contributed by atoms with Crippen LogP contribution in [0.25, 0.3) is 0 Å². The van der Waals surface area contributed by atoms with Crippen LogP contribution in [0.1, 0.15) is 32.6 Å². The summed E-state index contributed by atoms with van der Waals surface area (Å²) < 4.78 is 5.05. The molecule has 17 heavy (non-hydrogen) atoms. The molecule has 0 bridgehead atoms. The van der Waals surface area contributed by atoms with Gasteiger partial charge >= 0.3 is 5.97 Å². The number of amides is 1. The van der Waals surface area contributed by atoms with Crippen LogP contribution in [0.15, 0.2) is 0 Å². The van der Waals surface area contributed by atoms with Crippen molar-refractivity contribution in [2.24, 2.45) is 11.8 Å². The number of hydrogen-bond acceptors (Lipinski definition) is 3. The second-order valence-electron chi connectivity index (χ2n) is 4.59. The molecule has 98 valence electrons. The van der Waals surface area contributed by atoms with E-state index in [0.717, 1.165) is 19.3 Å². The summed E-state index contributed by atoms with van der Waals surface area (Å²) in [5.41, 5.74) is 0. The summed E-state index contributed by atoms with van der Waals surface area (Å²) in [6.07, 6.45) is 3.44. The minimum atomic E-state index is -0.873. The van der Waals surface area contributed by atoms with E-state index in [-0.39, 0.29) is 17.9 Å². The van der Waals surface area contributed by atoms with Gasteiger partial charge in [0.25, 0.3) is 0 Å². The van der Waals surface area contributed by atoms with Gasteiger partial charge in [0.2, 0.25) is 5.91 Å². The molecule has 0 aliphatic heterocycles. The number of hydrogen-bond donors (Lipinski definition) is 2. The van der Waals surface area contributed by atoms with Crippen molar-refractivity contribution in [1.29, 1.82) is 0 Å². The molecule has 3 atom stereocenters. The monoisotopic (exact) mass is 243 g/mol. The van der Waals surface area contributed by atoms with E-state index in [1.165, 1.54) is 0 Å². The summed E-state index contributed by atoms with van der Waals surface area (Å²) in [5.74, 6) is -1.84. The summed E-state index contributed by atoms with van der Waals surface area (Å²) in [5, 5.41) is 11.6. The van der Waals surface area contributed by atoms with E-state index in [0.29, 0.717) is 13.0 Å². The molecule has 1 rings (SSSR count). The maximum Gasteiger partial charge on any atom is 0.307 e. The molecule has 5 heteroatoms. The van der Waals surface area contributed by atoms with Crippen LogP contribution in [0, 0.1) is 11.8 Å². The van der Waals surface area contributed by atoms with Gasteiger partial charge < -0.3 is 15.2 Å². The van der Waals surface area contributed by atoms with E-state index in [2.05, 4.69) is 12.2 Å². The third-order valence-corrected chi connectivity index (χ3v) is 3.06. The van der Waals surface area contributed by atoms with Crippen LogP contribution in [0.4, 0.5) is 0 Å². The van der Waals surface area contributed by atoms with Gasteiger partial charge in [-0.15, -0.1) is 0 Å².